The molecule has 0 radical (unpaired) electrons. The Bertz CT molecular complexity index is 653. The number of aryl methyl sites for hydroxylation is 1. The number of hydrogen-bond donors (Lipinski definition) is 1. The highest BCUT2D eigenvalue weighted by molar-refractivity contribution is 7.15. The molecular formula is C16H20N2O3S. The molecule has 0 unspecified atom stereocenters. The molecule has 0 atom stereocenters. The van der Waals surface area contributed by atoms with Gasteiger partial charge in [-0.05, 0) is 31.0 Å². The average molecular weight is 320 g/mol. The molecule has 6 heteroatoms. The minimum absolute atomic E-state index is 0.219. The standard InChI is InChI=1S/C16H20N2O3S/c1-10(2)9-21-13-6-5-12(7-14(13)20-4)15(19)18-16-17-8-11(3)22-16/h5-8,10H,9H2,1-4H3,(H,17,18,19). The fourth-order valence-corrected chi connectivity index (χ4v) is 2.43. The van der Waals surface area contributed by atoms with Gasteiger partial charge >= 0.3 is 0 Å². The molecule has 22 heavy (non-hydrogen) atoms. The quantitative estimate of drug-likeness (QED) is 0.880. The first kappa shape index (κ1) is 16.3. The van der Waals surface area contributed by atoms with Crippen molar-refractivity contribution in [3.63, 3.8) is 0 Å². The van der Waals surface area contributed by atoms with Crippen molar-refractivity contribution < 1.29 is 14.3 Å². The van der Waals surface area contributed by atoms with Crippen LogP contribution in [0.25, 0.3) is 0 Å². The van der Waals surface area contributed by atoms with Crippen LogP contribution in [0.1, 0.15) is 29.1 Å². The van der Waals surface area contributed by atoms with E-state index in [2.05, 4.69) is 24.1 Å². The monoisotopic (exact) mass is 320 g/mol. The summed E-state index contributed by atoms with van der Waals surface area (Å²) in [6.45, 7) is 6.69. The van der Waals surface area contributed by atoms with Gasteiger partial charge in [-0.25, -0.2) is 4.98 Å². The van der Waals surface area contributed by atoms with Gasteiger partial charge < -0.3 is 9.47 Å². The Morgan fingerprint density at radius 2 is 2.14 bits per heavy atom. The number of benzene rings is 1. The van der Waals surface area contributed by atoms with E-state index in [4.69, 9.17) is 9.47 Å². The van der Waals surface area contributed by atoms with Crippen molar-refractivity contribution in [1.82, 2.24) is 4.98 Å². The summed E-state index contributed by atoms with van der Waals surface area (Å²) in [6, 6.07) is 5.14. The molecular weight excluding hydrogens is 300 g/mol. The summed E-state index contributed by atoms with van der Waals surface area (Å²) in [7, 11) is 1.56. The van der Waals surface area contributed by atoms with Crippen molar-refractivity contribution in [2.45, 2.75) is 20.8 Å². The number of carbonyl (C=O) groups excluding carboxylic acids is 1. The third kappa shape index (κ3) is 4.21. The fraction of sp³-hybridized carbons (Fsp3) is 0.375. The van der Waals surface area contributed by atoms with Gasteiger partial charge in [0, 0.05) is 16.6 Å². The first-order valence-corrected chi connectivity index (χ1v) is 7.86. The van der Waals surface area contributed by atoms with Crippen LogP contribution in [0.3, 0.4) is 0 Å². The Morgan fingerprint density at radius 1 is 1.36 bits per heavy atom. The van der Waals surface area contributed by atoms with Crippen LogP contribution < -0.4 is 14.8 Å². The van der Waals surface area contributed by atoms with Crippen molar-refractivity contribution in [2.24, 2.45) is 5.92 Å². The number of nitrogens with one attached hydrogen (secondary N) is 1. The normalized spacial score (nSPS) is 10.6. The van der Waals surface area contributed by atoms with Crippen molar-refractivity contribution in [1.29, 1.82) is 0 Å². The maximum absolute atomic E-state index is 12.2. The lowest BCUT2D eigenvalue weighted by Crippen LogP contribution is -2.12. The van der Waals surface area contributed by atoms with Gasteiger partial charge in [0.15, 0.2) is 16.6 Å². The number of carbonyl (C=O) groups is 1. The Hall–Kier alpha value is -2.08. The van der Waals surface area contributed by atoms with Crippen LogP contribution in [0.5, 0.6) is 11.5 Å². The second-order valence-corrected chi connectivity index (χ2v) is 6.54. The number of methoxy groups -OCH3 is 1. The highest BCUT2D eigenvalue weighted by atomic mass is 32.1. The largest absolute Gasteiger partial charge is 0.493 e. The number of aromatic nitrogens is 1. The van der Waals surface area contributed by atoms with Crippen LogP contribution >= 0.6 is 11.3 Å². The zero-order chi connectivity index (χ0) is 16.1. The highest BCUT2D eigenvalue weighted by Crippen LogP contribution is 2.29. The van der Waals surface area contributed by atoms with Gasteiger partial charge in [-0.1, -0.05) is 13.8 Å². The number of amides is 1. The van der Waals surface area contributed by atoms with E-state index in [-0.39, 0.29) is 5.91 Å². The second-order valence-electron chi connectivity index (χ2n) is 5.30. The van der Waals surface area contributed by atoms with Crippen molar-refractivity contribution in [3.05, 3.63) is 34.8 Å². The zero-order valence-electron chi connectivity index (χ0n) is 13.2. The molecule has 5 nitrogen and oxygen atoms in total. The van der Waals surface area contributed by atoms with E-state index in [1.165, 1.54) is 11.3 Å². The van der Waals surface area contributed by atoms with Crippen LogP contribution in [0.4, 0.5) is 5.13 Å². The van der Waals surface area contributed by atoms with Gasteiger partial charge in [0.1, 0.15) is 0 Å². The van der Waals surface area contributed by atoms with Crippen molar-refractivity contribution in [3.8, 4) is 11.5 Å². The summed E-state index contributed by atoms with van der Waals surface area (Å²) in [4.78, 5) is 17.4. The van der Waals surface area contributed by atoms with Crippen molar-refractivity contribution >= 4 is 22.4 Å². The third-order valence-electron chi connectivity index (χ3n) is 2.84. The van der Waals surface area contributed by atoms with Crippen LogP contribution in [-0.4, -0.2) is 24.6 Å². The topological polar surface area (TPSA) is 60.5 Å². The zero-order valence-corrected chi connectivity index (χ0v) is 14.0. The SMILES string of the molecule is COc1cc(C(=O)Nc2ncc(C)s2)ccc1OCC(C)C. The first-order chi connectivity index (χ1) is 10.5. The third-order valence-corrected chi connectivity index (χ3v) is 3.67. The lowest BCUT2D eigenvalue weighted by atomic mass is 10.2. The predicted molar refractivity (Wildman–Crippen MR) is 88.1 cm³/mol. The van der Waals surface area contributed by atoms with Crippen LogP contribution in [0.2, 0.25) is 0 Å². The molecule has 2 rings (SSSR count). The molecule has 118 valence electrons. The number of rotatable bonds is 6. The second kappa shape index (κ2) is 7.26. The molecule has 0 saturated heterocycles. The van der Waals surface area contributed by atoms with E-state index in [0.717, 1.165) is 4.88 Å². The maximum Gasteiger partial charge on any atom is 0.257 e. The van der Waals surface area contributed by atoms with Gasteiger partial charge in [0.25, 0.3) is 5.91 Å². The van der Waals surface area contributed by atoms with E-state index >= 15 is 0 Å². The highest BCUT2D eigenvalue weighted by Gasteiger charge is 2.13. The minimum atomic E-state index is -0.219. The van der Waals surface area contributed by atoms with E-state index in [0.29, 0.717) is 34.7 Å². The number of ether oxygens (including phenoxy) is 2. The summed E-state index contributed by atoms with van der Waals surface area (Å²) in [6.07, 6.45) is 1.73. The summed E-state index contributed by atoms with van der Waals surface area (Å²) in [5.74, 6) is 1.38. The Morgan fingerprint density at radius 3 is 2.73 bits per heavy atom. The van der Waals surface area contributed by atoms with Gasteiger partial charge in [-0.2, -0.15) is 0 Å². The van der Waals surface area contributed by atoms with Crippen molar-refractivity contribution in [2.75, 3.05) is 19.0 Å². The number of hydrogen-bond acceptors (Lipinski definition) is 5. The number of thiazole rings is 1. The summed E-state index contributed by atoms with van der Waals surface area (Å²) >= 11 is 1.44. The average Bonchev–Trinajstić information content (AvgIpc) is 2.89. The molecule has 1 heterocycles. The molecule has 0 spiro atoms. The van der Waals surface area contributed by atoms with Gasteiger partial charge in [0.2, 0.25) is 0 Å². The molecule has 1 aromatic carbocycles. The Balaban J connectivity index is 2.12. The van der Waals surface area contributed by atoms with E-state index in [1.54, 1.807) is 31.5 Å². The lowest BCUT2D eigenvalue weighted by molar-refractivity contribution is 0.102. The molecule has 0 aliphatic rings. The molecule has 0 saturated carbocycles. The fourth-order valence-electron chi connectivity index (χ4n) is 1.77. The molecule has 0 bridgehead atoms. The number of anilines is 1. The summed E-state index contributed by atoms with van der Waals surface area (Å²) in [5, 5.41) is 3.36. The predicted octanol–water partition coefficient (Wildman–Crippen LogP) is 3.75. The lowest BCUT2D eigenvalue weighted by Gasteiger charge is -2.13. The first-order valence-electron chi connectivity index (χ1n) is 7.04. The summed E-state index contributed by atoms with van der Waals surface area (Å²) in [5.41, 5.74) is 0.501. The molecule has 0 aliphatic carbocycles. The molecule has 1 aromatic heterocycles. The smallest absolute Gasteiger partial charge is 0.257 e. The molecule has 1 amide bonds. The van der Waals surface area contributed by atoms with Crippen LogP contribution in [0, 0.1) is 12.8 Å². The Labute approximate surface area is 134 Å². The molecule has 2 aromatic rings. The van der Waals surface area contributed by atoms with Crippen LogP contribution in [-0.2, 0) is 0 Å². The van der Waals surface area contributed by atoms with E-state index < -0.39 is 0 Å². The van der Waals surface area contributed by atoms with Gasteiger partial charge in [0.05, 0.1) is 13.7 Å². The minimum Gasteiger partial charge on any atom is -0.493 e. The molecule has 0 aliphatic heterocycles. The van der Waals surface area contributed by atoms with E-state index in [1.807, 2.05) is 6.92 Å². The van der Waals surface area contributed by atoms with Gasteiger partial charge in [-0.15, -0.1) is 11.3 Å². The maximum atomic E-state index is 12.2. The van der Waals surface area contributed by atoms with Crippen LogP contribution in [0.15, 0.2) is 24.4 Å². The number of nitrogens with zero attached hydrogens (tertiary/aromatic N) is 1. The van der Waals surface area contributed by atoms with Gasteiger partial charge in [-0.3, -0.25) is 10.1 Å². The molecule has 0 fully saturated rings. The van der Waals surface area contributed by atoms with E-state index in [9.17, 15) is 4.79 Å². The Kier molecular flexibility index (Phi) is 5.38. The summed E-state index contributed by atoms with van der Waals surface area (Å²) < 4.78 is 11.0. The molecule has 1 N–H and O–H groups in total.